The van der Waals surface area contributed by atoms with Crippen molar-refractivity contribution in [3.05, 3.63) is 17.5 Å². The van der Waals surface area contributed by atoms with Crippen molar-refractivity contribution >= 4 is 6.03 Å². The first-order chi connectivity index (χ1) is 11.8. The summed E-state index contributed by atoms with van der Waals surface area (Å²) >= 11 is 0. The summed E-state index contributed by atoms with van der Waals surface area (Å²) in [6.07, 6.45) is 4.84. The number of piperidine rings is 1. The lowest BCUT2D eigenvalue weighted by Crippen LogP contribution is -2.42. The van der Waals surface area contributed by atoms with Gasteiger partial charge in [-0.1, -0.05) is 18.5 Å². The van der Waals surface area contributed by atoms with Gasteiger partial charge in [0.1, 0.15) is 11.5 Å². The fourth-order valence-corrected chi connectivity index (χ4v) is 3.77. The Hall–Kier alpha value is -1.60. The Bertz CT molecular complexity index is 586. The van der Waals surface area contributed by atoms with E-state index in [1.54, 1.807) is 5.06 Å². The minimum absolute atomic E-state index is 0.0190. The lowest BCUT2D eigenvalue weighted by molar-refractivity contribution is -0.130. The molecule has 0 saturated carbocycles. The summed E-state index contributed by atoms with van der Waals surface area (Å²) in [5.74, 6) is 1.58. The van der Waals surface area contributed by atoms with Crippen molar-refractivity contribution < 1.29 is 14.2 Å². The third kappa shape index (κ3) is 2.91. The van der Waals surface area contributed by atoms with E-state index >= 15 is 0 Å². The van der Waals surface area contributed by atoms with Gasteiger partial charge in [-0.15, -0.1) is 0 Å². The van der Waals surface area contributed by atoms with Crippen LogP contribution in [-0.4, -0.2) is 53.4 Å². The van der Waals surface area contributed by atoms with E-state index in [0.29, 0.717) is 12.5 Å². The second kappa shape index (κ2) is 6.72. The molecular formula is C17H26N4O3. The SMILES string of the molecule is CCCCON1C(=O)N2C[C@@H]1CC[C@H]2c1cc(CC2CNC2)on1. The van der Waals surface area contributed by atoms with E-state index in [4.69, 9.17) is 9.36 Å². The average Bonchev–Trinajstić information content (AvgIpc) is 3.11. The number of aromatic nitrogens is 1. The summed E-state index contributed by atoms with van der Waals surface area (Å²) in [7, 11) is 0. The number of urea groups is 1. The zero-order valence-electron chi connectivity index (χ0n) is 14.2. The second-order valence-corrected chi connectivity index (χ2v) is 7.14. The fourth-order valence-electron chi connectivity index (χ4n) is 3.77. The maximum Gasteiger partial charge on any atom is 0.344 e. The molecule has 1 N–H and O–H groups in total. The van der Waals surface area contributed by atoms with Crippen LogP contribution in [0.15, 0.2) is 10.6 Å². The first kappa shape index (κ1) is 15.9. The van der Waals surface area contributed by atoms with Gasteiger partial charge in [0.2, 0.25) is 0 Å². The molecule has 7 nitrogen and oxygen atoms in total. The number of hydrogen-bond acceptors (Lipinski definition) is 5. The van der Waals surface area contributed by atoms with Crippen molar-refractivity contribution in [2.24, 2.45) is 5.92 Å². The van der Waals surface area contributed by atoms with Crippen LogP contribution in [0.2, 0.25) is 0 Å². The predicted molar refractivity (Wildman–Crippen MR) is 87.1 cm³/mol. The van der Waals surface area contributed by atoms with E-state index in [2.05, 4.69) is 17.4 Å². The number of hydroxylamine groups is 2. The predicted octanol–water partition coefficient (Wildman–Crippen LogP) is 2.11. The van der Waals surface area contributed by atoms with E-state index in [-0.39, 0.29) is 18.1 Å². The van der Waals surface area contributed by atoms with Gasteiger partial charge in [0.05, 0.1) is 18.7 Å². The number of rotatable bonds is 7. The van der Waals surface area contributed by atoms with E-state index in [0.717, 1.165) is 63.2 Å². The smallest absolute Gasteiger partial charge is 0.344 e. The Kier molecular flexibility index (Phi) is 4.45. The zero-order chi connectivity index (χ0) is 16.5. The monoisotopic (exact) mass is 334 g/mol. The summed E-state index contributed by atoms with van der Waals surface area (Å²) in [4.78, 5) is 20.3. The summed E-state index contributed by atoms with van der Waals surface area (Å²) < 4.78 is 5.51. The number of unbranched alkanes of at least 4 members (excludes halogenated alkanes) is 1. The molecule has 4 rings (SSSR count). The molecule has 0 aliphatic carbocycles. The molecule has 7 heteroatoms. The molecule has 0 unspecified atom stereocenters. The third-order valence-electron chi connectivity index (χ3n) is 5.33. The van der Waals surface area contributed by atoms with Gasteiger partial charge < -0.3 is 14.7 Å². The molecule has 0 radical (unpaired) electrons. The van der Waals surface area contributed by atoms with Crippen LogP contribution in [0.4, 0.5) is 4.79 Å². The van der Waals surface area contributed by atoms with Crippen LogP contribution in [0.3, 0.4) is 0 Å². The molecule has 3 fully saturated rings. The van der Waals surface area contributed by atoms with Crippen LogP contribution < -0.4 is 5.32 Å². The highest BCUT2D eigenvalue weighted by molar-refractivity contribution is 5.77. The van der Waals surface area contributed by atoms with E-state index in [1.807, 2.05) is 11.0 Å². The number of hydrogen-bond donors (Lipinski definition) is 1. The molecular weight excluding hydrogens is 308 g/mol. The van der Waals surface area contributed by atoms with Crippen molar-refractivity contribution in [3.8, 4) is 0 Å². The highest BCUT2D eigenvalue weighted by Gasteiger charge is 2.46. The molecule has 2 atom stereocenters. The van der Waals surface area contributed by atoms with Crippen LogP contribution in [0.25, 0.3) is 0 Å². The minimum Gasteiger partial charge on any atom is -0.361 e. The van der Waals surface area contributed by atoms with Gasteiger partial charge in [-0.25, -0.2) is 4.79 Å². The summed E-state index contributed by atoms with van der Waals surface area (Å²) in [5.41, 5.74) is 0.888. The van der Waals surface area contributed by atoms with Gasteiger partial charge in [0, 0.05) is 19.0 Å². The number of nitrogens with one attached hydrogen (secondary N) is 1. The van der Waals surface area contributed by atoms with Gasteiger partial charge >= 0.3 is 6.03 Å². The summed E-state index contributed by atoms with van der Waals surface area (Å²) in [6, 6.07) is 2.21. The first-order valence-corrected chi connectivity index (χ1v) is 9.15. The van der Waals surface area contributed by atoms with E-state index in [9.17, 15) is 4.79 Å². The third-order valence-corrected chi connectivity index (χ3v) is 5.33. The van der Waals surface area contributed by atoms with Crippen molar-refractivity contribution in [3.63, 3.8) is 0 Å². The molecule has 3 aliphatic rings. The van der Waals surface area contributed by atoms with Crippen LogP contribution in [0.1, 0.15) is 50.1 Å². The standard InChI is InChI=1S/C17H26N4O3/c1-2-3-6-23-21-13-4-5-16(20(11-13)17(21)22)15-8-14(24-19-15)7-12-9-18-10-12/h8,12-13,16,18H,2-7,9-11H2,1H3/t13-,16-/m0/s1. The molecule has 1 aromatic rings. The lowest BCUT2D eigenvalue weighted by Gasteiger charge is -2.28. The Morgan fingerprint density at radius 3 is 3.04 bits per heavy atom. The molecule has 24 heavy (non-hydrogen) atoms. The molecule has 3 aliphatic heterocycles. The van der Waals surface area contributed by atoms with Crippen LogP contribution in [0, 0.1) is 5.92 Å². The van der Waals surface area contributed by atoms with Crippen LogP contribution in [-0.2, 0) is 11.3 Å². The molecule has 2 bridgehead atoms. The van der Waals surface area contributed by atoms with Gasteiger partial charge in [-0.05, 0) is 38.3 Å². The highest BCUT2D eigenvalue weighted by Crippen LogP contribution is 2.38. The number of carbonyl (C=O) groups excluding carboxylic acids is 1. The zero-order valence-corrected chi connectivity index (χ0v) is 14.2. The normalized spacial score (nSPS) is 27.0. The minimum atomic E-state index is -0.0219. The maximum atomic E-state index is 12.7. The molecule has 132 valence electrons. The van der Waals surface area contributed by atoms with Crippen molar-refractivity contribution in [2.75, 3.05) is 26.2 Å². The maximum absolute atomic E-state index is 12.7. The lowest BCUT2D eigenvalue weighted by atomic mass is 9.96. The Labute approximate surface area is 142 Å². The van der Waals surface area contributed by atoms with E-state index < -0.39 is 0 Å². The van der Waals surface area contributed by atoms with Gasteiger partial charge in [0.25, 0.3) is 0 Å². The second-order valence-electron chi connectivity index (χ2n) is 7.14. The van der Waals surface area contributed by atoms with E-state index in [1.165, 1.54) is 0 Å². The van der Waals surface area contributed by atoms with Gasteiger partial charge in [0.15, 0.2) is 0 Å². The quantitative estimate of drug-likeness (QED) is 0.773. The molecule has 1 aromatic heterocycles. The van der Waals surface area contributed by atoms with Crippen molar-refractivity contribution in [1.29, 1.82) is 0 Å². The number of fused-ring (bicyclic) bond motifs is 2. The molecule has 0 spiro atoms. The van der Waals surface area contributed by atoms with Crippen LogP contribution >= 0.6 is 0 Å². The largest absolute Gasteiger partial charge is 0.361 e. The molecule has 0 aromatic carbocycles. The number of carbonyl (C=O) groups is 1. The number of nitrogens with zero attached hydrogens (tertiary/aromatic N) is 3. The van der Waals surface area contributed by atoms with Gasteiger partial charge in [-0.2, -0.15) is 5.06 Å². The Balaban J connectivity index is 1.41. The topological polar surface area (TPSA) is 70.8 Å². The van der Waals surface area contributed by atoms with Crippen molar-refractivity contribution in [1.82, 2.24) is 20.4 Å². The average molecular weight is 334 g/mol. The molecule has 2 amide bonds. The van der Waals surface area contributed by atoms with Gasteiger partial charge in [-0.3, -0.25) is 4.84 Å². The van der Waals surface area contributed by atoms with Crippen molar-refractivity contribution in [2.45, 2.75) is 51.1 Å². The Morgan fingerprint density at radius 1 is 1.42 bits per heavy atom. The molecule has 4 heterocycles. The van der Waals surface area contributed by atoms with Crippen LogP contribution in [0.5, 0.6) is 0 Å². The Morgan fingerprint density at radius 2 is 2.29 bits per heavy atom. The fraction of sp³-hybridized carbons (Fsp3) is 0.765. The molecule has 3 saturated heterocycles. The first-order valence-electron chi connectivity index (χ1n) is 9.15. The summed E-state index contributed by atoms with van der Waals surface area (Å²) in [5, 5.41) is 9.12. The summed E-state index contributed by atoms with van der Waals surface area (Å²) in [6.45, 7) is 5.56. The number of amides is 2. The highest BCUT2D eigenvalue weighted by atomic mass is 16.7.